The van der Waals surface area contributed by atoms with E-state index in [9.17, 15) is 18.0 Å². The normalized spacial score (nSPS) is 18.2. The second-order valence-electron chi connectivity index (χ2n) is 4.93. The van der Waals surface area contributed by atoms with Gasteiger partial charge in [-0.2, -0.15) is 0 Å². The Bertz CT molecular complexity index is 706. The number of nitrogens with zero attached hydrogens (tertiary/aromatic N) is 1. The van der Waals surface area contributed by atoms with E-state index in [2.05, 4.69) is 5.32 Å². The molecule has 1 aromatic rings. The van der Waals surface area contributed by atoms with E-state index < -0.39 is 32.8 Å². The Hall–Kier alpha value is -1.51. The van der Waals surface area contributed by atoms with E-state index in [1.165, 1.54) is 29.2 Å². The summed E-state index contributed by atoms with van der Waals surface area (Å²) >= 11 is 10.8. The third-order valence-electron chi connectivity index (χ3n) is 3.15. The zero-order valence-electron chi connectivity index (χ0n) is 12.0. The predicted molar refractivity (Wildman–Crippen MR) is 85.7 cm³/mol. The van der Waals surface area contributed by atoms with Crippen LogP contribution < -0.4 is 10.2 Å². The van der Waals surface area contributed by atoms with E-state index in [4.69, 9.17) is 27.9 Å². The Balaban J connectivity index is 2.01. The van der Waals surface area contributed by atoms with Gasteiger partial charge >= 0.3 is 6.09 Å². The van der Waals surface area contributed by atoms with Crippen molar-refractivity contribution < 1.29 is 22.7 Å². The summed E-state index contributed by atoms with van der Waals surface area (Å²) < 4.78 is 28.0. The summed E-state index contributed by atoms with van der Waals surface area (Å²) in [6.07, 6.45) is -0.0240. The first-order valence-corrected chi connectivity index (χ1v) is 9.29. The molecule has 2 amide bonds. The molecule has 7 nitrogen and oxygen atoms in total. The lowest BCUT2D eigenvalue weighted by Gasteiger charge is -2.13. The Labute approximate surface area is 143 Å². The minimum atomic E-state index is -3.30. The first-order valence-electron chi connectivity index (χ1n) is 6.52. The van der Waals surface area contributed by atoms with Gasteiger partial charge in [0.05, 0.1) is 18.0 Å². The highest BCUT2D eigenvalue weighted by Gasteiger charge is 2.32. The molecule has 1 aromatic carbocycles. The Kier molecular flexibility index (Phi) is 5.38. The molecule has 126 valence electrons. The molecule has 0 saturated carbocycles. The van der Waals surface area contributed by atoms with Gasteiger partial charge < -0.3 is 10.1 Å². The van der Waals surface area contributed by atoms with Crippen molar-refractivity contribution in [2.75, 3.05) is 24.2 Å². The van der Waals surface area contributed by atoms with Crippen LogP contribution >= 0.6 is 23.2 Å². The first kappa shape index (κ1) is 17.8. The second kappa shape index (κ2) is 6.94. The molecular weight excluding hydrogens is 367 g/mol. The average Bonchev–Trinajstić information content (AvgIpc) is 2.85. The molecule has 23 heavy (non-hydrogen) atoms. The van der Waals surface area contributed by atoms with E-state index in [0.717, 1.165) is 6.26 Å². The number of ether oxygens (including phenoxy) is 1. The number of anilines is 1. The molecule has 2 rings (SSSR count). The maximum absolute atomic E-state index is 11.9. The number of hydrogen-bond donors (Lipinski definition) is 1. The van der Waals surface area contributed by atoms with Crippen molar-refractivity contribution in [1.29, 1.82) is 0 Å². The molecule has 0 aromatic heterocycles. The van der Waals surface area contributed by atoms with E-state index >= 15 is 0 Å². The highest BCUT2D eigenvalue weighted by atomic mass is 35.5. The van der Waals surface area contributed by atoms with E-state index in [-0.39, 0.29) is 18.0 Å². The molecular formula is C13H14Cl2N2O5S. The van der Waals surface area contributed by atoms with Crippen molar-refractivity contribution in [3.8, 4) is 0 Å². The van der Waals surface area contributed by atoms with Gasteiger partial charge in [0.2, 0.25) is 0 Å². The topological polar surface area (TPSA) is 92.8 Å². The number of sulfone groups is 1. The van der Waals surface area contributed by atoms with Gasteiger partial charge in [0, 0.05) is 11.9 Å². The molecule has 1 N–H and O–H groups in total. The van der Waals surface area contributed by atoms with E-state index in [1.807, 2.05) is 0 Å². The average molecular weight is 381 g/mol. The quantitative estimate of drug-likeness (QED) is 0.777. The molecule has 1 fully saturated rings. The molecule has 10 heteroatoms. The van der Waals surface area contributed by atoms with Crippen LogP contribution in [0.2, 0.25) is 0 Å². The van der Waals surface area contributed by atoms with Crippen LogP contribution in [0, 0.1) is 0 Å². The van der Waals surface area contributed by atoms with Crippen LogP contribution in [0.4, 0.5) is 10.5 Å². The van der Waals surface area contributed by atoms with Gasteiger partial charge in [-0.1, -0.05) is 23.2 Å². The molecule has 0 aliphatic carbocycles. The van der Waals surface area contributed by atoms with Crippen LogP contribution in [0.5, 0.6) is 0 Å². The van der Waals surface area contributed by atoms with Crippen molar-refractivity contribution in [2.45, 2.75) is 15.8 Å². The largest absolute Gasteiger partial charge is 0.442 e. The van der Waals surface area contributed by atoms with Crippen molar-refractivity contribution in [3.05, 3.63) is 24.3 Å². The molecule has 0 radical (unpaired) electrons. The number of hydrogen-bond acceptors (Lipinski definition) is 5. The number of halogens is 2. The van der Waals surface area contributed by atoms with Crippen LogP contribution in [-0.2, 0) is 19.4 Å². The Morgan fingerprint density at radius 2 is 2.00 bits per heavy atom. The minimum absolute atomic E-state index is 0.0818. The smallest absolute Gasteiger partial charge is 0.414 e. The lowest BCUT2D eigenvalue weighted by Crippen LogP contribution is -2.37. The fraction of sp³-hybridized carbons (Fsp3) is 0.385. The number of carbonyl (C=O) groups is 2. The SMILES string of the molecule is CS(=O)(=O)c1ccc(N2CC(CNC(=O)C(Cl)Cl)OC2=O)cc1. The summed E-state index contributed by atoms with van der Waals surface area (Å²) in [4.78, 5) is 23.5. The zero-order valence-corrected chi connectivity index (χ0v) is 14.4. The highest BCUT2D eigenvalue weighted by molar-refractivity contribution is 7.90. The lowest BCUT2D eigenvalue weighted by atomic mass is 10.2. The van der Waals surface area contributed by atoms with Crippen molar-refractivity contribution in [1.82, 2.24) is 5.32 Å². The summed E-state index contributed by atoms with van der Waals surface area (Å²) in [5, 5.41) is 2.46. The van der Waals surface area contributed by atoms with Crippen molar-refractivity contribution in [2.24, 2.45) is 0 Å². The second-order valence-corrected chi connectivity index (χ2v) is 8.04. The molecule has 1 aliphatic heterocycles. The number of amides is 2. The molecule has 0 bridgehead atoms. The standard InChI is InChI=1S/C13H14Cl2N2O5S/c1-23(20,21)10-4-2-8(3-5-10)17-7-9(22-13(17)19)6-16-12(18)11(14)15/h2-5,9,11H,6-7H2,1H3,(H,16,18). The molecule has 1 saturated heterocycles. The fourth-order valence-corrected chi connectivity index (χ4v) is 2.79. The van der Waals surface area contributed by atoms with Gasteiger partial charge in [0.1, 0.15) is 6.10 Å². The van der Waals surface area contributed by atoms with Gasteiger partial charge in [-0.25, -0.2) is 13.2 Å². The molecule has 0 spiro atoms. The van der Waals surface area contributed by atoms with E-state index in [1.54, 1.807) is 0 Å². The maximum Gasteiger partial charge on any atom is 0.414 e. The summed E-state index contributed by atoms with van der Waals surface area (Å²) in [6.45, 7) is 0.297. The maximum atomic E-state index is 11.9. The third kappa shape index (κ3) is 4.49. The van der Waals surface area contributed by atoms with Crippen molar-refractivity contribution >= 4 is 50.7 Å². The predicted octanol–water partition coefficient (Wildman–Crippen LogP) is 1.34. The van der Waals surface area contributed by atoms with Crippen LogP contribution in [-0.4, -0.2) is 50.7 Å². The fourth-order valence-electron chi connectivity index (χ4n) is 2.00. The summed E-state index contributed by atoms with van der Waals surface area (Å²) in [7, 11) is -3.30. The first-order chi connectivity index (χ1) is 10.7. The third-order valence-corrected chi connectivity index (χ3v) is 4.68. The Morgan fingerprint density at radius 1 is 1.39 bits per heavy atom. The van der Waals surface area contributed by atoms with Crippen LogP contribution in [0.15, 0.2) is 29.2 Å². The number of rotatable bonds is 5. The summed E-state index contributed by atoms with van der Waals surface area (Å²) in [5.74, 6) is -0.569. The number of benzene rings is 1. The molecule has 1 aliphatic rings. The molecule has 1 heterocycles. The number of carbonyl (C=O) groups excluding carboxylic acids is 2. The lowest BCUT2D eigenvalue weighted by molar-refractivity contribution is -0.119. The van der Waals surface area contributed by atoms with Crippen molar-refractivity contribution in [3.63, 3.8) is 0 Å². The number of alkyl halides is 2. The van der Waals surface area contributed by atoms with E-state index in [0.29, 0.717) is 5.69 Å². The van der Waals surface area contributed by atoms with Gasteiger partial charge in [-0.3, -0.25) is 9.69 Å². The van der Waals surface area contributed by atoms with Crippen LogP contribution in [0.25, 0.3) is 0 Å². The zero-order chi connectivity index (χ0) is 17.2. The van der Waals surface area contributed by atoms with Gasteiger partial charge in [-0.05, 0) is 24.3 Å². The number of nitrogens with one attached hydrogen (secondary N) is 1. The van der Waals surface area contributed by atoms with Gasteiger partial charge in [-0.15, -0.1) is 0 Å². The Morgan fingerprint density at radius 3 is 2.52 bits per heavy atom. The van der Waals surface area contributed by atoms with Crippen LogP contribution in [0.3, 0.4) is 0 Å². The van der Waals surface area contributed by atoms with Gasteiger partial charge in [0.25, 0.3) is 5.91 Å². The van der Waals surface area contributed by atoms with Crippen LogP contribution in [0.1, 0.15) is 0 Å². The number of cyclic esters (lactones) is 1. The minimum Gasteiger partial charge on any atom is -0.442 e. The van der Waals surface area contributed by atoms with Gasteiger partial charge in [0.15, 0.2) is 14.7 Å². The summed E-state index contributed by atoms with van der Waals surface area (Å²) in [6, 6.07) is 5.87. The molecule has 1 atom stereocenters. The summed E-state index contributed by atoms with van der Waals surface area (Å²) in [5.41, 5.74) is 0.504. The monoisotopic (exact) mass is 380 g/mol. The highest BCUT2D eigenvalue weighted by Crippen LogP contribution is 2.23. The molecule has 1 unspecified atom stereocenters.